The Bertz CT molecular complexity index is 1140. The summed E-state index contributed by atoms with van der Waals surface area (Å²) in [4.78, 5) is 28.5. The van der Waals surface area contributed by atoms with Crippen LogP contribution in [0, 0.1) is 5.82 Å². The van der Waals surface area contributed by atoms with Crippen LogP contribution >= 0.6 is 11.8 Å². The minimum absolute atomic E-state index is 0.0338. The fourth-order valence-corrected chi connectivity index (χ4v) is 4.52. The van der Waals surface area contributed by atoms with E-state index in [0.717, 1.165) is 17.8 Å². The SMILES string of the molecule is C[C@H](c1nnc(SCC(=O)c2ccc(N3CCCC3=O)cc2)n1-c1ccc(F)cc1)N(C)C. The van der Waals surface area contributed by atoms with Gasteiger partial charge in [0.05, 0.1) is 11.8 Å². The van der Waals surface area contributed by atoms with Gasteiger partial charge in [0.2, 0.25) is 5.91 Å². The molecule has 1 atom stereocenters. The van der Waals surface area contributed by atoms with Crippen molar-refractivity contribution in [1.82, 2.24) is 19.7 Å². The Hall–Kier alpha value is -3.04. The van der Waals surface area contributed by atoms with E-state index in [1.165, 1.54) is 23.9 Å². The molecular formula is C24H26FN5O2S. The van der Waals surface area contributed by atoms with E-state index in [-0.39, 0.29) is 29.3 Å². The van der Waals surface area contributed by atoms with E-state index in [9.17, 15) is 14.0 Å². The fourth-order valence-electron chi connectivity index (χ4n) is 3.67. The summed E-state index contributed by atoms with van der Waals surface area (Å²) in [5, 5.41) is 9.24. The van der Waals surface area contributed by atoms with Gasteiger partial charge in [-0.25, -0.2) is 4.39 Å². The first-order valence-electron chi connectivity index (χ1n) is 10.8. The van der Waals surface area contributed by atoms with E-state index < -0.39 is 0 Å². The monoisotopic (exact) mass is 467 g/mol. The van der Waals surface area contributed by atoms with Crippen molar-refractivity contribution in [3.05, 3.63) is 65.7 Å². The highest BCUT2D eigenvalue weighted by Crippen LogP contribution is 2.28. The third-order valence-corrected chi connectivity index (χ3v) is 6.73. The van der Waals surface area contributed by atoms with Crippen molar-refractivity contribution in [3.8, 4) is 5.69 Å². The maximum atomic E-state index is 13.5. The second-order valence-electron chi connectivity index (χ2n) is 8.20. The van der Waals surface area contributed by atoms with E-state index in [2.05, 4.69) is 10.2 Å². The quantitative estimate of drug-likeness (QED) is 0.366. The van der Waals surface area contributed by atoms with Gasteiger partial charge >= 0.3 is 0 Å². The summed E-state index contributed by atoms with van der Waals surface area (Å²) in [5.74, 6) is 0.638. The molecule has 3 aromatic rings. The molecule has 0 N–H and O–H groups in total. The second kappa shape index (κ2) is 9.84. The zero-order valence-electron chi connectivity index (χ0n) is 18.9. The molecule has 0 aliphatic carbocycles. The third-order valence-electron chi connectivity index (χ3n) is 5.80. The number of hydrogen-bond donors (Lipinski definition) is 0. The van der Waals surface area contributed by atoms with Gasteiger partial charge in [-0.2, -0.15) is 0 Å². The summed E-state index contributed by atoms with van der Waals surface area (Å²) in [7, 11) is 3.90. The van der Waals surface area contributed by atoms with Gasteiger partial charge in [0, 0.05) is 29.9 Å². The zero-order valence-corrected chi connectivity index (χ0v) is 19.7. The molecule has 2 aromatic carbocycles. The summed E-state index contributed by atoms with van der Waals surface area (Å²) < 4.78 is 15.4. The van der Waals surface area contributed by atoms with Gasteiger partial charge in [0.15, 0.2) is 16.8 Å². The van der Waals surface area contributed by atoms with Crippen molar-refractivity contribution in [2.24, 2.45) is 0 Å². The van der Waals surface area contributed by atoms with Gasteiger partial charge in [-0.1, -0.05) is 11.8 Å². The Balaban J connectivity index is 1.52. The molecule has 0 radical (unpaired) electrons. The molecule has 1 aliphatic heterocycles. The number of thioether (sulfide) groups is 1. The minimum Gasteiger partial charge on any atom is -0.312 e. The van der Waals surface area contributed by atoms with Crippen LogP contribution in [0.3, 0.4) is 0 Å². The van der Waals surface area contributed by atoms with Crippen molar-refractivity contribution in [3.63, 3.8) is 0 Å². The molecule has 1 aromatic heterocycles. The molecule has 0 saturated carbocycles. The van der Waals surface area contributed by atoms with Crippen molar-refractivity contribution in [2.45, 2.75) is 31.0 Å². The smallest absolute Gasteiger partial charge is 0.227 e. The maximum absolute atomic E-state index is 13.5. The van der Waals surface area contributed by atoms with Gasteiger partial charge in [-0.05, 0) is 76.0 Å². The van der Waals surface area contributed by atoms with Crippen LogP contribution < -0.4 is 4.90 Å². The van der Waals surface area contributed by atoms with Crippen LogP contribution in [0.5, 0.6) is 0 Å². The standard InChI is InChI=1S/C24H26FN5O2S/c1-16(28(2)3)23-26-27-24(30(23)20-12-8-18(25)9-13-20)33-15-21(31)17-6-10-19(11-7-17)29-14-4-5-22(29)32/h6-13,16H,4-5,14-15H2,1-3H3/t16-/m1/s1. The Morgan fingerprint density at radius 1 is 1.09 bits per heavy atom. The molecule has 9 heteroatoms. The molecule has 2 heterocycles. The predicted octanol–water partition coefficient (Wildman–Crippen LogP) is 4.13. The number of benzene rings is 2. The Morgan fingerprint density at radius 3 is 2.36 bits per heavy atom. The molecule has 1 saturated heterocycles. The molecule has 1 fully saturated rings. The van der Waals surface area contributed by atoms with Crippen LogP contribution in [0.25, 0.3) is 5.69 Å². The van der Waals surface area contributed by atoms with Crippen molar-refractivity contribution >= 4 is 29.1 Å². The first-order valence-corrected chi connectivity index (χ1v) is 11.8. The number of halogens is 1. The first-order chi connectivity index (χ1) is 15.8. The number of hydrogen-bond acceptors (Lipinski definition) is 6. The highest BCUT2D eigenvalue weighted by Gasteiger charge is 2.23. The lowest BCUT2D eigenvalue weighted by molar-refractivity contribution is -0.117. The number of amides is 1. The lowest BCUT2D eigenvalue weighted by Crippen LogP contribution is -2.23. The molecule has 0 unspecified atom stereocenters. The Morgan fingerprint density at radius 2 is 1.76 bits per heavy atom. The lowest BCUT2D eigenvalue weighted by atomic mass is 10.1. The minimum atomic E-state index is -0.322. The number of carbonyl (C=O) groups is 2. The van der Waals surface area contributed by atoms with Crippen LogP contribution in [0.1, 0.15) is 42.0 Å². The topological polar surface area (TPSA) is 71.3 Å². The average molecular weight is 468 g/mol. The van der Waals surface area contributed by atoms with Crippen molar-refractivity contribution in [1.29, 1.82) is 0 Å². The molecule has 1 amide bonds. The van der Waals surface area contributed by atoms with Gasteiger partial charge in [0.25, 0.3) is 0 Å². The maximum Gasteiger partial charge on any atom is 0.227 e. The van der Waals surface area contributed by atoms with Crippen LogP contribution in [-0.4, -0.2) is 57.7 Å². The van der Waals surface area contributed by atoms with E-state index in [1.54, 1.807) is 29.2 Å². The average Bonchev–Trinajstić information content (AvgIpc) is 3.43. The number of ketones is 1. The highest BCUT2D eigenvalue weighted by atomic mass is 32.2. The summed E-state index contributed by atoms with van der Waals surface area (Å²) in [6.45, 7) is 2.73. The number of carbonyl (C=O) groups excluding carboxylic acids is 2. The largest absolute Gasteiger partial charge is 0.312 e. The normalized spacial score (nSPS) is 14.8. The van der Waals surface area contributed by atoms with Gasteiger partial charge < -0.3 is 4.90 Å². The summed E-state index contributed by atoms with van der Waals surface area (Å²) in [6.07, 6.45) is 1.43. The number of nitrogens with zero attached hydrogens (tertiary/aromatic N) is 5. The van der Waals surface area contributed by atoms with Crippen LogP contribution in [0.15, 0.2) is 53.7 Å². The Kier molecular flexibility index (Phi) is 6.90. The molecule has 0 spiro atoms. The fraction of sp³-hybridized carbons (Fsp3) is 0.333. The van der Waals surface area contributed by atoms with Crippen LogP contribution in [-0.2, 0) is 4.79 Å². The van der Waals surface area contributed by atoms with Crippen molar-refractivity contribution < 1.29 is 14.0 Å². The highest BCUT2D eigenvalue weighted by molar-refractivity contribution is 7.99. The number of aromatic nitrogens is 3. The molecule has 172 valence electrons. The number of Topliss-reactive ketones (excluding diaryl/α,β-unsaturated/α-hetero) is 1. The molecule has 0 bridgehead atoms. The van der Waals surface area contributed by atoms with E-state index in [1.807, 2.05) is 42.6 Å². The van der Waals surface area contributed by atoms with Gasteiger partial charge in [0.1, 0.15) is 5.82 Å². The zero-order chi connectivity index (χ0) is 23.5. The second-order valence-corrected chi connectivity index (χ2v) is 9.14. The van der Waals surface area contributed by atoms with E-state index >= 15 is 0 Å². The van der Waals surface area contributed by atoms with E-state index in [4.69, 9.17) is 0 Å². The van der Waals surface area contributed by atoms with Gasteiger partial charge in [-0.15, -0.1) is 10.2 Å². The Labute approximate surface area is 196 Å². The number of anilines is 1. The third kappa shape index (κ3) is 4.99. The molecule has 7 nitrogen and oxygen atoms in total. The van der Waals surface area contributed by atoms with Crippen LogP contribution in [0.2, 0.25) is 0 Å². The van der Waals surface area contributed by atoms with Gasteiger partial charge in [-0.3, -0.25) is 19.1 Å². The first kappa shape index (κ1) is 23.1. The van der Waals surface area contributed by atoms with E-state index in [0.29, 0.717) is 29.5 Å². The summed E-state index contributed by atoms with van der Waals surface area (Å²) >= 11 is 1.29. The molecular weight excluding hydrogens is 441 g/mol. The predicted molar refractivity (Wildman–Crippen MR) is 127 cm³/mol. The summed E-state index contributed by atoms with van der Waals surface area (Å²) in [5.41, 5.74) is 2.13. The molecule has 4 rings (SSSR count). The summed E-state index contributed by atoms with van der Waals surface area (Å²) in [6, 6.07) is 13.3. The van der Waals surface area contributed by atoms with Crippen LogP contribution in [0.4, 0.5) is 10.1 Å². The number of rotatable bonds is 8. The lowest BCUT2D eigenvalue weighted by Gasteiger charge is -2.20. The molecule has 33 heavy (non-hydrogen) atoms. The molecule has 1 aliphatic rings. The van der Waals surface area contributed by atoms with Crippen molar-refractivity contribution in [2.75, 3.05) is 31.3 Å².